The Kier molecular flexibility index (Phi) is 4.20. The van der Waals surface area contributed by atoms with Crippen molar-refractivity contribution >= 4 is 28.4 Å². The Morgan fingerprint density at radius 2 is 1.75 bits per heavy atom. The summed E-state index contributed by atoms with van der Waals surface area (Å²) in [5.41, 5.74) is 12.1. The molecule has 0 radical (unpaired) electrons. The first kappa shape index (κ1) is 17.1. The van der Waals surface area contributed by atoms with Gasteiger partial charge in [0, 0.05) is 32.6 Å². The number of fused-ring (bicyclic) bond motifs is 2. The van der Waals surface area contributed by atoms with Crippen LogP contribution >= 0.6 is 0 Å². The van der Waals surface area contributed by atoms with Crippen molar-refractivity contribution in [1.29, 1.82) is 0 Å². The van der Waals surface area contributed by atoms with Crippen molar-refractivity contribution in [3.63, 3.8) is 0 Å². The van der Waals surface area contributed by atoms with E-state index in [9.17, 15) is 0 Å². The molecule has 142 valence electrons. The number of aromatic nitrogens is 2. The first-order valence-corrected chi connectivity index (χ1v) is 9.90. The van der Waals surface area contributed by atoms with Crippen LogP contribution in [0.15, 0.2) is 47.6 Å². The molecule has 2 aliphatic heterocycles. The number of hydrogen-bond donors (Lipinski definition) is 1. The number of benzene rings is 2. The first-order valence-electron chi connectivity index (χ1n) is 9.90. The Labute approximate surface area is 164 Å². The molecule has 0 atom stereocenters. The number of piperazine rings is 1. The van der Waals surface area contributed by atoms with Crippen LogP contribution in [0.25, 0.3) is 22.2 Å². The standard InChI is InChI=1S/C22H24N6/c1-2-27-7-9-28(10-8-27)22-14-24-18-6-5-16(12-20(18)26-22)15-3-4-17-13-21(23)25-19(17)11-15/h3-6,11-12,14H,2,7-10,13H2,1H3,(H2,23,25). The Bertz CT molecular complexity index is 1070. The third kappa shape index (κ3) is 3.10. The molecular weight excluding hydrogens is 348 g/mol. The van der Waals surface area contributed by atoms with Crippen molar-refractivity contribution in [3.05, 3.63) is 48.2 Å². The molecule has 2 aliphatic rings. The molecule has 0 amide bonds. The highest BCUT2D eigenvalue weighted by Crippen LogP contribution is 2.32. The molecule has 6 heteroatoms. The highest BCUT2D eigenvalue weighted by molar-refractivity contribution is 5.92. The minimum atomic E-state index is 0.685. The van der Waals surface area contributed by atoms with Crippen LogP contribution in [0.1, 0.15) is 12.5 Å². The number of rotatable bonds is 3. The lowest BCUT2D eigenvalue weighted by Crippen LogP contribution is -2.46. The fraction of sp³-hybridized carbons (Fsp3) is 0.318. The average molecular weight is 372 g/mol. The summed E-state index contributed by atoms with van der Waals surface area (Å²) >= 11 is 0. The first-order chi connectivity index (χ1) is 13.7. The molecule has 0 saturated carbocycles. The number of aliphatic imine (C=N–C) groups is 1. The molecule has 6 nitrogen and oxygen atoms in total. The Morgan fingerprint density at radius 1 is 0.964 bits per heavy atom. The molecule has 1 aromatic heterocycles. The van der Waals surface area contributed by atoms with E-state index >= 15 is 0 Å². The minimum absolute atomic E-state index is 0.685. The van der Waals surface area contributed by atoms with Gasteiger partial charge in [-0.2, -0.15) is 0 Å². The topological polar surface area (TPSA) is 70.6 Å². The van der Waals surface area contributed by atoms with Gasteiger partial charge in [0.05, 0.1) is 22.9 Å². The third-order valence-electron chi connectivity index (χ3n) is 5.73. The molecule has 0 bridgehead atoms. The average Bonchev–Trinajstić information content (AvgIpc) is 3.12. The number of nitrogens with zero attached hydrogens (tertiary/aromatic N) is 5. The number of anilines is 1. The zero-order chi connectivity index (χ0) is 19.1. The largest absolute Gasteiger partial charge is 0.387 e. The molecule has 1 fully saturated rings. The molecule has 3 heterocycles. The van der Waals surface area contributed by atoms with E-state index in [1.807, 2.05) is 12.3 Å². The molecule has 5 rings (SSSR count). The monoisotopic (exact) mass is 372 g/mol. The van der Waals surface area contributed by atoms with Gasteiger partial charge in [0.25, 0.3) is 0 Å². The number of likely N-dealkylation sites (N-methyl/N-ethyl adjacent to an activating group) is 1. The van der Waals surface area contributed by atoms with Crippen molar-refractivity contribution < 1.29 is 0 Å². The number of nitrogens with two attached hydrogens (primary N) is 1. The van der Waals surface area contributed by atoms with E-state index in [2.05, 4.69) is 57.0 Å². The maximum absolute atomic E-state index is 5.88. The zero-order valence-electron chi connectivity index (χ0n) is 16.1. The second-order valence-corrected chi connectivity index (χ2v) is 7.48. The van der Waals surface area contributed by atoms with Crippen molar-refractivity contribution in [3.8, 4) is 11.1 Å². The number of amidine groups is 1. The van der Waals surface area contributed by atoms with Crippen LogP contribution in [0.5, 0.6) is 0 Å². The van der Waals surface area contributed by atoms with Gasteiger partial charge in [-0.15, -0.1) is 0 Å². The lowest BCUT2D eigenvalue weighted by molar-refractivity contribution is 0.270. The summed E-state index contributed by atoms with van der Waals surface area (Å²) in [4.78, 5) is 18.8. The zero-order valence-corrected chi connectivity index (χ0v) is 16.1. The Balaban J connectivity index is 1.46. The minimum Gasteiger partial charge on any atom is -0.387 e. The lowest BCUT2D eigenvalue weighted by atomic mass is 10.0. The van der Waals surface area contributed by atoms with Crippen molar-refractivity contribution in [1.82, 2.24) is 14.9 Å². The molecule has 0 spiro atoms. The van der Waals surface area contributed by atoms with E-state index < -0.39 is 0 Å². The van der Waals surface area contributed by atoms with E-state index in [0.29, 0.717) is 5.84 Å². The van der Waals surface area contributed by atoms with Crippen LogP contribution in [0.3, 0.4) is 0 Å². The molecule has 0 aliphatic carbocycles. The van der Waals surface area contributed by atoms with Gasteiger partial charge in [0.15, 0.2) is 0 Å². The van der Waals surface area contributed by atoms with Gasteiger partial charge < -0.3 is 15.5 Å². The van der Waals surface area contributed by atoms with E-state index in [-0.39, 0.29) is 0 Å². The highest BCUT2D eigenvalue weighted by atomic mass is 15.3. The van der Waals surface area contributed by atoms with Crippen molar-refractivity contribution in [2.24, 2.45) is 10.7 Å². The Hall–Kier alpha value is -2.99. The molecular formula is C22H24N6. The summed E-state index contributed by atoms with van der Waals surface area (Å²) < 4.78 is 0. The Morgan fingerprint density at radius 3 is 2.57 bits per heavy atom. The van der Waals surface area contributed by atoms with E-state index in [4.69, 9.17) is 10.7 Å². The maximum atomic E-state index is 5.88. The maximum Gasteiger partial charge on any atom is 0.147 e. The summed E-state index contributed by atoms with van der Waals surface area (Å²) in [6, 6.07) is 12.6. The molecule has 28 heavy (non-hydrogen) atoms. The normalized spacial score (nSPS) is 17.0. The fourth-order valence-corrected chi connectivity index (χ4v) is 4.01. The van der Waals surface area contributed by atoms with Gasteiger partial charge in [-0.05, 0) is 41.4 Å². The van der Waals surface area contributed by atoms with Gasteiger partial charge in [-0.25, -0.2) is 9.98 Å². The van der Waals surface area contributed by atoms with Crippen LogP contribution < -0.4 is 10.6 Å². The van der Waals surface area contributed by atoms with Gasteiger partial charge in [-0.1, -0.05) is 25.1 Å². The van der Waals surface area contributed by atoms with Crippen LogP contribution in [-0.2, 0) is 6.42 Å². The van der Waals surface area contributed by atoms with Crippen molar-refractivity contribution in [2.75, 3.05) is 37.6 Å². The molecule has 1 saturated heterocycles. The quantitative estimate of drug-likeness (QED) is 0.765. The molecule has 2 N–H and O–H groups in total. The second kappa shape index (κ2) is 6.87. The summed E-state index contributed by atoms with van der Waals surface area (Å²) in [6.07, 6.45) is 2.64. The predicted molar refractivity (Wildman–Crippen MR) is 114 cm³/mol. The SMILES string of the molecule is CCN1CCN(c2cnc3ccc(-c4ccc5c(c4)N=C(N)C5)cc3n2)CC1. The lowest BCUT2D eigenvalue weighted by Gasteiger charge is -2.34. The van der Waals surface area contributed by atoms with Gasteiger partial charge >= 0.3 is 0 Å². The van der Waals surface area contributed by atoms with Crippen LogP contribution in [0.4, 0.5) is 11.5 Å². The summed E-state index contributed by atoms with van der Waals surface area (Å²) in [5, 5.41) is 0. The van der Waals surface area contributed by atoms with Crippen molar-refractivity contribution in [2.45, 2.75) is 13.3 Å². The number of hydrogen-bond acceptors (Lipinski definition) is 6. The summed E-state index contributed by atoms with van der Waals surface area (Å²) in [6.45, 7) is 7.47. The second-order valence-electron chi connectivity index (χ2n) is 7.48. The predicted octanol–water partition coefficient (Wildman–Crippen LogP) is 2.98. The van der Waals surface area contributed by atoms with Gasteiger partial charge in [0.2, 0.25) is 0 Å². The third-order valence-corrected chi connectivity index (χ3v) is 5.73. The van der Waals surface area contributed by atoms with Gasteiger partial charge in [-0.3, -0.25) is 4.98 Å². The smallest absolute Gasteiger partial charge is 0.147 e. The van der Waals surface area contributed by atoms with Crippen LogP contribution in [-0.4, -0.2) is 53.4 Å². The van der Waals surface area contributed by atoms with Crippen LogP contribution in [0, 0.1) is 0 Å². The fourth-order valence-electron chi connectivity index (χ4n) is 4.01. The van der Waals surface area contributed by atoms with Crippen LogP contribution in [0.2, 0.25) is 0 Å². The van der Waals surface area contributed by atoms with E-state index in [1.165, 1.54) is 5.56 Å². The van der Waals surface area contributed by atoms with E-state index in [1.54, 1.807) is 0 Å². The summed E-state index contributed by atoms with van der Waals surface area (Å²) in [7, 11) is 0. The molecule has 2 aromatic carbocycles. The molecule has 3 aromatic rings. The van der Waals surface area contributed by atoms with E-state index in [0.717, 1.165) is 72.8 Å². The molecule has 0 unspecified atom stereocenters. The highest BCUT2D eigenvalue weighted by Gasteiger charge is 2.18. The summed E-state index contributed by atoms with van der Waals surface area (Å²) in [5.74, 6) is 1.65. The van der Waals surface area contributed by atoms with Gasteiger partial charge in [0.1, 0.15) is 11.7 Å².